The van der Waals surface area contributed by atoms with Gasteiger partial charge in [0, 0.05) is 35.9 Å². The van der Waals surface area contributed by atoms with Crippen molar-refractivity contribution in [2.24, 2.45) is 0 Å². The Bertz CT molecular complexity index is 1280. The molecule has 0 unspecified atom stereocenters. The molecular formula is C23H26FN5O4S. The van der Waals surface area contributed by atoms with Gasteiger partial charge in [-0.15, -0.1) is 0 Å². The monoisotopic (exact) mass is 487 g/mol. The van der Waals surface area contributed by atoms with Gasteiger partial charge in [0.2, 0.25) is 0 Å². The van der Waals surface area contributed by atoms with Crippen LogP contribution >= 0.6 is 0 Å². The molecule has 1 fully saturated rings. The number of aromatic amines is 1. The number of aryl methyl sites for hydroxylation is 1. The molecule has 0 spiro atoms. The summed E-state index contributed by atoms with van der Waals surface area (Å²) in [6, 6.07) is 3.74. The molecule has 2 N–H and O–H groups in total. The van der Waals surface area contributed by atoms with E-state index in [4.69, 9.17) is 4.74 Å². The topological polar surface area (TPSA) is 127 Å². The number of ether oxygens (including phenoxy) is 1. The van der Waals surface area contributed by atoms with Crippen LogP contribution in [-0.2, 0) is 21.2 Å². The van der Waals surface area contributed by atoms with Gasteiger partial charge in [0.1, 0.15) is 40.5 Å². The number of nitrogens with one attached hydrogen (secondary N) is 2. The lowest BCUT2D eigenvalue weighted by Gasteiger charge is -2.32. The number of carbonyl (C=O) groups excluding carboxylic acids is 1. The zero-order valence-electron chi connectivity index (χ0n) is 18.9. The number of carbonyl (C=O) groups is 1. The van der Waals surface area contributed by atoms with Crippen LogP contribution < -0.4 is 9.46 Å². The molecule has 0 bridgehead atoms. The third-order valence-corrected chi connectivity index (χ3v) is 7.27. The van der Waals surface area contributed by atoms with E-state index in [1.54, 1.807) is 13.1 Å². The van der Waals surface area contributed by atoms with Crippen molar-refractivity contribution in [1.82, 2.24) is 20.2 Å². The molecule has 2 aromatic heterocycles. The second-order valence-corrected chi connectivity index (χ2v) is 10.1. The van der Waals surface area contributed by atoms with Gasteiger partial charge in [0.05, 0.1) is 6.20 Å². The fourth-order valence-electron chi connectivity index (χ4n) is 4.30. The van der Waals surface area contributed by atoms with Gasteiger partial charge in [-0.25, -0.2) is 22.8 Å². The lowest BCUT2D eigenvalue weighted by molar-refractivity contribution is -0.116. The van der Waals surface area contributed by atoms with Crippen LogP contribution in [0.15, 0.2) is 41.8 Å². The smallest absolute Gasteiger partial charge is 0.265 e. The van der Waals surface area contributed by atoms with Crippen LogP contribution in [0.25, 0.3) is 0 Å². The molecule has 0 radical (unpaired) electrons. The first-order valence-electron chi connectivity index (χ1n) is 11.0. The molecule has 0 aliphatic heterocycles. The Morgan fingerprint density at radius 1 is 1.29 bits per heavy atom. The van der Waals surface area contributed by atoms with Gasteiger partial charge in [-0.3, -0.25) is 14.6 Å². The minimum atomic E-state index is -4.19. The predicted molar refractivity (Wildman–Crippen MR) is 123 cm³/mol. The summed E-state index contributed by atoms with van der Waals surface area (Å²) in [7, 11) is -4.19. The van der Waals surface area contributed by atoms with E-state index in [9.17, 15) is 17.6 Å². The number of H-pyrrole nitrogens is 1. The number of aromatic nitrogens is 4. The lowest BCUT2D eigenvalue weighted by Crippen LogP contribution is -2.29. The fraction of sp³-hybridized carbons (Fsp3) is 0.391. The van der Waals surface area contributed by atoms with Crippen molar-refractivity contribution in [2.45, 2.75) is 62.9 Å². The second kappa shape index (κ2) is 9.88. The van der Waals surface area contributed by atoms with E-state index in [0.29, 0.717) is 5.56 Å². The van der Waals surface area contributed by atoms with Gasteiger partial charge in [-0.2, -0.15) is 5.10 Å². The molecule has 0 amide bonds. The molecule has 11 heteroatoms. The molecule has 1 aliphatic carbocycles. The Morgan fingerprint density at radius 2 is 2.09 bits per heavy atom. The first kappa shape index (κ1) is 23.8. The van der Waals surface area contributed by atoms with Crippen LogP contribution in [0.1, 0.15) is 55.3 Å². The van der Waals surface area contributed by atoms with E-state index in [2.05, 4.69) is 24.9 Å². The molecule has 1 aromatic carbocycles. The van der Waals surface area contributed by atoms with Gasteiger partial charge in [-0.05, 0) is 50.8 Å². The van der Waals surface area contributed by atoms with Crippen LogP contribution in [0.4, 0.5) is 10.2 Å². The Balaban J connectivity index is 1.58. The number of sulfonamides is 1. The molecule has 0 saturated heterocycles. The molecule has 3 aromatic rings. The maximum Gasteiger partial charge on any atom is 0.265 e. The number of hydrogen-bond acceptors (Lipinski definition) is 7. The Morgan fingerprint density at radius 3 is 2.82 bits per heavy atom. The van der Waals surface area contributed by atoms with Crippen molar-refractivity contribution < 1.29 is 22.3 Å². The molecule has 4 rings (SSSR count). The van der Waals surface area contributed by atoms with Crippen molar-refractivity contribution in [3.63, 3.8) is 0 Å². The number of benzene rings is 1. The highest BCUT2D eigenvalue weighted by Crippen LogP contribution is 2.38. The minimum absolute atomic E-state index is 0.00727. The summed E-state index contributed by atoms with van der Waals surface area (Å²) in [6.07, 6.45) is 7.89. The normalized spacial score (nSPS) is 18.4. The van der Waals surface area contributed by atoms with Crippen molar-refractivity contribution in [2.75, 3.05) is 4.72 Å². The second-order valence-electron chi connectivity index (χ2n) is 8.48. The summed E-state index contributed by atoms with van der Waals surface area (Å²) in [6.45, 7) is 3.20. The summed E-state index contributed by atoms with van der Waals surface area (Å²) < 4.78 is 48.9. The number of hydrogen-bond donors (Lipinski definition) is 2. The summed E-state index contributed by atoms with van der Waals surface area (Å²) >= 11 is 0. The van der Waals surface area contributed by atoms with Gasteiger partial charge >= 0.3 is 0 Å². The molecular weight excluding hydrogens is 461 g/mol. The third-order valence-electron chi connectivity index (χ3n) is 5.90. The number of ketones is 1. The van der Waals surface area contributed by atoms with Gasteiger partial charge in [0.15, 0.2) is 0 Å². The summed E-state index contributed by atoms with van der Waals surface area (Å²) in [5.41, 5.74) is 2.20. The molecule has 1 aliphatic rings. The first-order valence-corrected chi connectivity index (χ1v) is 12.5. The average Bonchev–Trinajstić information content (AvgIpc) is 3.24. The Hall–Kier alpha value is -3.34. The zero-order chi connectivity index (χ0) is 24.3. The van der Waals surface area contributed by atoms with Crippen LogP contribution in [0, 0.1) is 12.7 Å². The Labute approximate surface area is 197 Å². The number of halogens is 1. The lowest BCUT2D eigenvalue weighted by atomic mass is 9.81. The largest absolute Gasteiger partial charge is 0.489 e. The summed E-state index contributed by atoms with van der Waals surface area (Å²) in [4.78, 5) is 18.7. The Kier molecular flexibility index (Phi) is 6.92. The SMILES string of the molecule is CC(=O)Cc1[nH]ncc1[C@H]1CCCC[C@@H]1Oc1cc(F)c(S(=O)(=O)Nc2ccncn2)cc1C. The van der Waals surface area contributed by atoms with Crippen LogP contribution in [0.2, 0.25) is 0 Å². The highest BCUT2D eigenvalue weighted by molar-refractivity contribution is 7.92. The highest BCUT2D eigenvalue weighted by atomic mass is 32.2. The van der Waals surface area contributed by atoms with Crippen LogP contribution in [-0.4, -0.2) is 40.5 Å². The molecule has 34 heavy (non-hydrogen) atoms. The molecule has 9 nitrogen and oxygen atoms in total. The average molecular weight is 488 g/mol. The van der Waals surface area contributed by atoms with E-state index < -0.39 is 20.7 Å². The van der Waals surface area contributed by atoms with E-state index in [0.717, 1.165) is 43.0 Å². The van der Waals surface area contributed by atoms with Gasteiger partial charge in [-0.1, -0.05) is 6.42 Å². The summed E-state index contributed by atoms with van der Waals surface area (Å²) in [5.74, 6) is -0.572. The maximum absolute atomic E-state index is 15.0. The maximum atomic E-state index is 15.0. The van der Waals surface area contributed by atoms with Crippen molar-refractivity contribution >= 4 is 21.6 Å². The van der Waals surface area contributed by atoms with Crippen molar-refractivity contribution in [1.29, 1.82) is 0 Å². The third kappa shape index (κ3) is 5.24. The number of anilines is 1. The van der Waals surface area contributed by atoms with E-state index >= 15 is 0 Å². The summed E-state index contributed by atoms with van der Waals surface area (Å²) in [5, 5.41) is 7.04. The number of nitrogens with zero attached hydrogens (tertiary/aromatic N) is 3. The van der Waals surface area contributed by atoms with Crippen LogP contribution in [0.5, 0.6) is 5.75 Å². The quantitative estimate of drug-likeness (QED) is 0.496. The minimum Gasteiger partial charge on any atom is -0.489 e. The highest BCUT2D eigenvalue weighted by Gasteiger charge is 2.32. The van der Waals surface area contributed by atoms with Gasteiger partial charge in [0.25, 0.3) is 10.0 Å². The number of rotatable bonds is 8. The zero-order valence-corrected chi connectivity index (χ0v) is 19.7. The van der Waals surface area contributed by atoms with E-state index in [1.807, 2.05) is 0 Å². The molecule has 2 heterocycles. The standard InChI is InChI=1S/C23H26FN5O4S/c1-14-9-22(34(31,32)29-23-7-8-25-13-26-23)18(24)11-21(14)33-20-6-4-3-5-16(20)17-12-27-28-19(17)10-15(2)30/h7-9,11-13,16,20H,3-6,10H2,1-2H3,(H,27,28)(H,25,26,29)/t16-,20+/m1/s1. The number of Topliss-reactive ketones (excluding diaryl/α,β-unsaturated/α-hetero) is 1. The van der Waals surface area contributed by atoms with E-state index in [-0.39, 0.29) is 35.8 Å². The van der Waals surface area contributed by atoms with Crippen molar-refractivity contribution in [3.05, 3.63) is 59.6 Å². The van der Waals surface area contributed by atoms with E-state index in [1.165, 1.54) is 31.6 Å². The molecule has 1 saturated carbocycles. The first-order chi connectivity index (χ1) is 16.2. The van der Waals surface area contributed by atoms with Gasteiger partial charge < -0.3 is 4.74 Å². The van der Waals surface area contributed by atoms with Crippen LogP contribution in [0.3, 0.4) is 0 Å². The molecule has 180 valence electrons. The molecule has 2 atom stereocenters. The predicted octanol–water partition coefficient (Wildman–Crippen LogP) is 3.68. The van der Waals surface area contributed by atoms with Crippen molar-refractivity contribution in [3.8, 4) is 5.75 Å². The fourth-order valence-corrected chi connectivity index (χ4v) is 5.46.